The van der Waals surface area contributed by atoms with Crippen LogP contribution in [0.2, 0.25) is 0 Å². The molecule has 0 aliphatic carbocycles. The molecule has 0 amide bonds. The summed E-state index contributed by atoms with van der Waals surface area (Å²) < 4.78 is 5.92. The van der Waals surface area contributed by atoms with Crippen molar-refractivity contribution in [1.29, 1.82) is 0 Å². The summed E-state index contributed by atoms with van der Waals surface area (Å²) in [5.74, 6) is 0. The lowest BCUT2D eigenvalue weighted by Gasteiger charge is -2.26. The minimum atomic E-state index is -0.296. The van der Waals surface area contributed by atoms with E-state index in [1.807, 2.05) is 32.1 Å². The lowest BCUT2D eigenvalue weighted by atomic mass is 10.1. The van der Waals surface area contributed by atoms with Crippen LogP contribution < -0.4 is 0 Å². The van der Waals surface area contributed by atoms with Crippen LogP contribution in [0.25, 0.3) is 0 Å². The summed E-state index contributed by atoms with van der Waals surface area (Å²) in [4.78, 5) is 0. The highest BCUT2D eigenvalue weighted by Gasteiger charge is 2.18. The zero-order valence-electron chi connectivity index (χ0n) is 10.9. The Morgan fingerprint density at radius 3 is 2.41 bits per heavy atom. The highest BCUT2D eigenvalue weighted by molar-refractivity contribution is 5.15. The predicted octanol–water partition coefficient (Wildman–Crippen LogP) is 4.16. The SMILES string of the molecule is C=CC(CCc1ccccc1)OC(C)(C)C=C. The van der Waals surface area contributed by atoms with Crippen molar-refractivity contribution in [3.63, 3.8) is 0 Å². The molecule has 1 unspecified atom stereocenters. The zero-order chi connectivity index (χ0) is 12.7. The Morgan fingerprint density at radius 2 is 1.88 bits per heavy atom. The average Bonchev–Trinajstić information content (AvgIpc) is 2.35. The van der Waals surface area contributed by atoms with Crippen LogP contribution >= 0.6 is 0 Å². The molecule has 1 atom stereocenters. The lowest BCUT2D eigenvalue weighted by Crippen LogP contribution is -2.27. The van der Waals surface area contributed by atoms with Crippen LogP contribution in [0.5, 0.6) is 0 Å². The van der Waals surface area contributed by atoms with Gasteiger partial charge in [-0.3, -0.25) is 0 Å². The van der Waals surface area contributed by atoms with Gasteiger partial charge < -0.3 is 4.74 Å². The number of hydrogen-bond donors (Lipinski definition) is 0. The molecule has 0 aliphatic heterocycles. The molecule has 0 fully saturated rings. The maximum absolute atomic E-state index is 5.92. The van der Waals surface area contributed by atoms with Crippen LogP contribution in [0.1, 0.15) is 25.8 Å². The largest absolute Gasteiger partial charge is 0.364 e. The quantitative estimate of drug-likeness (QED) is 0.639. The summed E-state index contributed by atoms with van der Waals surface area (Å²) in [5, 5.41) is 0. The van der Waals surface area contributed by atoms with Crippen LogP contribution in [0.15, 0.2) is 55.6 Å². The molecule has 0 aromatic heterocycles. The van der Waals surface area contributed by atoms with Crippen molar-refractivity contribution < 1.29 is 4.74 Å². The van der Waals surface area contributed by atoms with Gasteiger partial charge in [-0.1, -0.05) is 42.5 Å². The Bertz CT molecular complexity index is 351. The minimum Gasteiger partial charge on any atom is -0.364 e. The van der Waals surface area contributed by atoms with E-state index in [-0.39, 0.29) is 11.7 Å². The van der Waals surface area contributed by atoms with Crippen molar-refractivity contribution in [2.75, 3.05) is 0 Å². The molecule has 0 saturated carbocycles. The lowest BCUT2D eigenvalue weighted by molar-refractivity contribution is -0.0206. The van der Waals surface area contributed by atoms with Crippen molar-refractivity contribution in [3.8, 4) is 0 Å². The van der Waals surface area contributed by atoms with E-state index in [4.69, 9.17) is 4.74 Å². The Morgan fingerprint density at radius 1 is 1.24 bits per heavy atom. The number of aryl methyl sites for hydroxylation is 1. The van der Waals surface area contributed by atoms with E-state index in [9.17, 15) is 0 Å². The van der Waals surface area contributed by atoms with E-state index in [1.165, 1.54) is 5.56 Å². The third-order valence-corrected chi connectivity index (χ3v) is 2.77. The van der Waals surface area contributed by atoms with Crippen LogP contribution in [-0.4, -0.2) is 11.7 Å². The molecule has 0 radical (unpaired) electrons. The smallest absolute Gasteiger partial charge is 0.0811 e. The van der Waals surface area contributed by atoms with Gasteiger partial charge in [-0.05, 0) is 32.3 Å². The summed E-state index contributed by atoms with van der Waals surface area (Å²) in [6.45, 7) is 11.6. The van der Waals surface area contributed by atoms with Crippen LogP contribution in [0.4, 0.5) is 0 Å². The average molecular weight is 230 g/mol. The van der Waals surface area contributed by atoms with Gasteiger partial charge >= 0.3 is 0 Å². The molecule has 1 nitrogen and oxygen atoms in total. The van der Waals surface area contributed by atoms with E-state index in [0.29, 0.717) is 0 Å². The normalized spacial score (nSPS) is 13.1. The first-order chi connectivity index (χ1) is 8.07. The molecular weight excluding hydrogens is 208 g/mol. The fourth-order valence-electron chi connectivity index (χ4n) is 1.62. The maximum atomic E-state index is 5.92. The topological polar surface area (TPSA) is 9.23 Å². The Hall–Kier alpha value is -1.34. The van der Waals surface area contributed by atoms with Crippen molar-refractivity contribution in [2.24, 2.45) is 0 Å². The summed E-state index contributed by atoms with van der Waals surface area (Å²) in [7, 11) is 0. The fourth-order valence-corrected chi connectivity index (χ4v) is 1.62. The molecular formula is C16H22O. The molecule has 0 spiro atoms. The molecule has 1 heteroatoms. The zero-order valence-corrected chi connectivity index (χ0v) is 10.9. The number of hydrogen-bond acceptors (Lipinski definition) is 1. The fraction of sp³-hybridized carbons (Fsp3) is 0.375. The van der Waals surface area contributed by atoms with Crippen molar-refractivity contribution in [1.82, 2.24) is 0 Å². The highest BCUT2D eigenvalue weighted by atomic mass is 16.5. The van der Waals surface area contributed by atoms with Gasteiger partial charge in [0, 0.05) is 0 Å². The highest BCUT2D eigenvalue weighted by Crippen LogP contribution is 2.17. The van der Waals surface area contributed by atoms with Crippen LogP contribution in [0.3, 0.4) is 0 Å². The molecule has 0 aliphatic rings. The summed E-state index contributed by atoms with van der Waals surface area (Å²) in [6, 6.07) is 10.4. The third kappa shape index (κ3) is 5.01. The van der Waals surface area contributed by atoms with Gasteiger partial charge in [0.15, 0.2) is 0 Å². The second-order valence-corrected chi connectivity index (χ2v) is 4.72. The van der Waals surface area contributed by atoms with Gasteiger partial charge in [-0.25, -0.2) is 0 Å². The summed E-state index contributed by atoms with van der Waals surface area (Å²) in [5.41, 5.74) is 1.04. The van der Waals surface area contributed by atoms with Crippen LogP contribution in [0, 0.1) is 0 Å². The molecule has 0 heterocycles. The van der Waals surface area contributed by atoms with E-state index < -0.39 is 0 Å². The molecule has 0 bridgehead atoms. The van der Waals surface area contributed by atoms with Gasteiger partial charge in [-0.15, -0.1) is 13.2 Å². The second-order valence-electron chi connectivity index (χ2n) is 4.72. The molecule has 1 rings (SSSR count). The number of rotatable bonds is 7. The first-order valence-electron chi connectivity index (χ1n) is 6.05. The van der Waals surface area contributed by atoms with Gasteiger partial charge in [0.25, 0.3) is 0 Å². The Kier molecular flexibility index (Phi) is 5.17. The second kappa shape index (κ2) is 6.41. The van der Waals surface area contributed by atoms with E-state index in [2.05, 4.69) is 37.4 Å². The Balaban J connectivity index is 2.48. The first-order valence-corrected chi connectivity index (χ1v) is 6.05. The molecule has 0 N–H and O–H groups in total. The minimum absolute atomic E-state index is 0.0724. The number of ether oxygens (including phenoxy) is 1. The standard InChI is InChI=1S/C16H22O/c1-5-15(17-16(3,4)6-2)13-12-14-10-8-7-9-11-14/h5-11,15H,1-2,12-13H2,3-4H3. The van der Waals surface area contributed by atoms with E-state index >= 15 is 0 Å². The van der Waals surface area contributed by atoms with Crippen LogP contribution in [-0.2, 0) is 11.2 Å². The summed E-state index contributed by atoms with van der Waals surface area (Å²) in [6.07, 6.45) is 5.72. The predicted molar refractivity (Wildman–Crippen MR) is 74.1 cm³/mol. The van der Waals surface area contributed by atoms with Gasteiger partial charge in [0.1, 0.15) is 0 Å². The van der Waals surface area contributed by atoms with Crippen molar-refractivity contribution in [3.05, 3.63) is 61.2 Å². The van der Waals surface area contributed by atoms with Gasteiger partial charge in [-0.2, -0.15) is 0 Å². The van der Waals surface area contributed by atoms with E-state index in [1.54, 1.807) is 0 Å². The summed E-state index contributed by atoms with van der Waals surface area (Å²) >= 11 is 0. The van der Waals surface area contributed by atoms with Crippen molar-refractivity contribution >= 4 is 0 Å². The van der Waals surface area contributed by atoms with E-state index in [0.717, 1.165) is 12.8 Å². The molecule has 92 valence electrons. The van der Waals surface area contributed by atoms with Crippen molar-refractivity contribution in [2.45, 2.75) is 38.4 Å². The monoisotopic (exact) mass is 230 g/mol. The third-order valence-electron chi connectivity index (χ3n) is 2.77. The molecule has 0 saturated heterocycles. The molecule has 17 heavy (non-hydrogen) atoms. The number of benzene rings is 1. The van der Waals surface area contributed by atoms with Gasteiger partial charge in [0.2, 0.25) is 0 Å². The maximum Gasteiger partial charge on any atom is 0.0811 e. The van der Waals surface area contributed by atoms with Gasteiger partial charge in [0.05, 0.1) is 11.7 Å². The Labute approximate surface area is 105 Å². The molecule has 1 aromatic carbocycles. The first kappa shape index (κ1) is 13.7. The molecule has 1 aromatic rings.